The van der Waals surface area contributed by atoms with Gasteiger partial charge in [0.1, 0.15) is 60.4 Å². The van der Waals surface area contributed by atoms with Crippen LogP contribution < -0.4 is 21.3 Å². The van der Waals surface area contributed by atoms with E-state index in [1.165, 1.54) is 92.6 Å². The van der Waals surface area contributed by atoms with Crippen LogP contribution in [0, 0.1) is 47.3 Å². The van der Waals surface area contributed by atoms with Crippen LogP contribution in [0.4, 0.5) is 0 Å². The van der Waals surface area contributed by atoms with Crippen molar-refractivity contribution in [3.63, 3.8) is 0 Å². The normalized spacial score (nSPS) is 25.7. The molecule has 538 valence electrons. The van der Waals surface area contributed by atoms with Crippen molar-refractivity contribution in [2.75, 3.05) is 75.5 Å². The lowest BCUT2D eigenvalue weighted by molar-refractivity contribution is -0.157. The van der Waals surface area contributed by atoms with Crippen molar-refractivity contribution in [3.05, 3.63) is 24.3 Å². The lowest BCUT2D eigenvalue weighted by Crippen LogP contribution is -2.63. The highest BCUT2D eigenvalue weighted by Crippen LogP contribution is 2.27. The van der Waals surface area contributed by atoms with E-state index in [2.05, 4.69) is 35.1 Å². The second-order valence-corrected chi connectivity index (χ2v) is 29.1. The zero-order valence-electron chi connectivity index (χ0n) is 62.4. The molecule has 0 spiro atoms. The number of nitrogens with zero attached hydrogens (tertiary/aromatic N) is 8. The average molecular weight is 1330 g/mol. The molecule has 0 unspecified atom stereocenters. The molecule has 1 heterocycles. The van der Waals surface area contributed by atoms with E-state index in [1.54, 1.807) is 60.6 Å². The second-order valence-electron chi connectivity index (χ2n) is 29.1. The number of likely N-dealkylation sites (N-methyl/N-ethyl adjacent to an activating group) is 7. The Labute approximate surface area is 564 Å². The standard InChI is InChI=1S/C70H126N12O12/c1-27-29-32-48(17)60(84)59-63(87)74-51(28-2)65(89)75(20)40-56(83)76(21)55(38-44(9)10)68(92)82(34-31-30-33-71-39-45(11)12)58(47(15)16)70(94)77(22)52(35-41(3)4)62(86)72-49(18)61(85)73-50(19)64(88)78(23)53(36-42(5)6)66(90)79(24)54(37-43(7)8)67(91)80(25)57(46(13)14)69(93)81(59)26/h27,29-31,41-55,57-60,71,84H,28,32-40H2,1-26H3,(H,72,86)(H,73,85)(H,74,87)/b29-27+,31-30+/t48-,49+,50-,51+,52+,53+,54+,55+,57+,58+,59+,60-/m1/s1. The molecule has 0 radical (unpaired) electrons. The van der Waals surface area contributed by atoms with Gasteiger partial charge in [-0.2, -0.15) is 0 Å². The summed E-state index contributed by atoms with van der Waals surface area (Å²) in [7, 11) is 10.0. The molecule has 0 aromatic rings. The van der Waals surface area contributed by atoms with Gasteiger partial charge in [0.15, 0.2) is 0 Å². The third-order valence-corrected chi connectivity index (χ3v) is 17.6. The molecule has 5 N–H and O–H groups in total. The predicted octanol–water partition coefficient (Wildman–Crippen LogP) is 4.78. The zero-order valence-corrected chi connectivity index (χ0v) is 62.4. The second kappa shape index (κ2) is 40.2. The molecule has 12 atom stereocenters. The quantitative estimate of drug-likeness (QED) is 0.0765. The molecule has 1 rings (SSSR count). The fourth-order valence-corrected chi connectivity index (χ4v) is 11.9. The number of rotatable bonds is 21. The number of carbonyl (C=O) groups is 11. The maximum Gasteiger partial charge on any atom is 0.246 e. The van der Waals surface area contributed by atoms with E-state index in [4.69, 9.17) is 0 Å². The van der Waals surface area contributed by atoms with Gasteiger partial charge in [0, 0.05) is 62.4 Å². The van der Waals surface area contributed by atoms with Crippen LogP contribution >= 0.6 is 0 Å². The van der Waals surface area contributed by atoms with Gasteiger partial charge >= 0.3 is 0 Å². The van der Waals surface area contributed by atoms with Crippen molar-refractivity contribution in [3.8, 4) is 0 Å². The third kappa shape index (κ3) is 25.0. The smallest absolute Gasteiger partial charge is 0.246 e. The van der Waals surface area contributed by atoms with E-state index in [1.807, 2.05) is 67.5 Å². The summed E-state index contributed by atoms with van der Waals surface area (Å²) in [6, 6.07) is -12.5. The molecular weight excluding hydrogens is 1200 g/mol. The molecule has 11 amide bonds. The van der Waals surface area contributed by atoms with Crippen molar-refractivity contribution in [2.45, 2.75) is 237 Å². The van der Waals surface area contributed by atoms with E-state index in [0.717, 1.165) is 16.3 Å². The Morgan fingerprint density at radius 2 is 0.904 bits per heavy atom. The Morgan fingerprint density at radius 1 is 0.468 bits per heavy atom. The average Bonchev–Trinajstić information content (AvgIpc) is 0.821. The number of amides is 11. The van der Waals surface area contributed by atoms with Crippen LogP contribution in [0.25, 0.3) is 0 Å². The number of hydrogen-bond donors (Lipinski definition) is 5. The van der Waals surface area contributed by atoms with Crippen molar-refractivity contribution in [1.82, 2.24) is 60.5 Å². The van der Waals surface area contributed by atoms with Gasteiger partial charge in [-0.25, -0.2) is 0 Å². The molecule has 0 aliphatic carbocycles. The van der Waals surface area contributed by atoms with E-state index in [9.17, 15) is 33.9 Å². The molecule has 1 aliphatic rings. The lowest BCUT2D eigenvalue weighted by atomic mass is 9.91. The highest BCUT2D eigenvalue weighted by Gasteiger charge is 2.46. The molecular formula is C70H126N12O12. The summed E-state index contributed by atoms with van der Waals surface area (Å²) in [5.41, 5.74) is 0. The Morgan fingerprint density at radius 3 is 1.37 bits per heavy atom. The van der Waals surface area contributed by atoms with Gasteiger partial charge in [-0.05, 0) is 113 Å². The molecule has 0 bridgehead atoms. The van der Waals surface area contributed by atoms with Gasteiger partial charge in [0.05, 0.1) is 12.6 Å². The first-order chi connectivity index (χ1) is 43.5. The van der Waals surface area contributed by atoms with Crippen molar-refractivity contribution >= 4 is 65.0 Å². The summed E-state index contributed by atoms with van der Waals surface area (Å²) >= 11 is 0. The summed E-state index contributed by atoms with van der Waals surface area (Å²) in [6.45, 7) is 34.9. The zero-order chi connectivity index (χ0) is 72.7. The van der Waals surface area contributed by atoms with Gasteiger partial charge in [-0.3, -0.25) is 52.7 Å². The van der Waals surface area contributed by atoms with Crippen molar-refractivity contribution in [2.24, 2.45) is 47.3 Å². The first-order valence-corrected chi connectivity index (χ1v) is 34.2. The molecule has 24 nitrogen and oxygen atoms in total. The van der Waals surface area contributed by atoms with Crippen LogP contribution in [0.5, 0.6) is 0 Å². The molecule has 0 aromatic carbocycles. The molecule has 1 saturated heterocycles. The Balaban J connectivity index is 4.52. The van der Waals surface area contributed by atoms with Gasteiger partial charge < -0.3 is 65.6 Å². The lowest BCUT2D eigenvalue weighted by Gasteiger charge is -2.41. The first-order valence-electron chi connectivity index (χ1n) is 34.2. The summed E-state index contributed by atoms with van der Waals surface area (Å²) in [5, 5.41) is 23.8. The third-order valence-electron chi connectivity index (χ3n) is 17.6. The van der Waals surface area contributed by atoms with E-state index < -0.39 is 156 Å². The molecule has 1 aliphatic heterocycles. The van der Waals surface area contributed by atoms with Gasteiger partial charge in [0.25, 0.3) is 0 Å². The monoisotopic (exact) mass is 1330 g/mol. The maximum atomic E-state index is 15.6. The Kier molecular flexibility index (Phi) is 36.6. The number of allylic oxidation sites excluding steroid dienone is 2. The minimum absolute atomic E-state index is 0.0145. The summed E-state index contributed by atoms with van der Waals surface area (Å²) in [6.07, 6.45) is 6.63. The number of carbonyl (C=O) groups excluding carboxylic acids is 11. The largest absolute Gasteiger partial charge is 0.390 e. The number of hydrogen-bond acceptors (Lipinski definition) is 13. The summed E-state index contributed by atoms with van der Waals surface area (Å²) in [4.78, 5) is 174. The topological polar surface area (TPSA) is 282 Å². The first kappa shape index (κ1) is 85.6. The number of aliphatic hydroxyl groups excluding tert-OH is 1. The molecule has 94 heavy (non-hydrogen) atoms. The molecule has 0 aromatic heterocycles. The number of aliphatic hydroxyl groups is 1. The molecule has 24 heteroatoms. The van der Waals surface area contributed by atoms with Gasteiger partial charge in [0.2, 0.25) is 65.0 Å². The van der Waals surface area contributed by atoms with Gasteiger partial charge in [-0.15, -0.1) is 0 Å². The minimum atomic E-state index is -1.62. The van der Waals surface area contributed by atoms with Crippen molar-refractivity contribution < 1.29 is 57.8 Å². The van der Waals surface area contributed by atoms with E-state index >= 15 is 24.0 Å². The van der Waals surface area contributed by atoms with Gasteiger partial charge in [-0.1, -0.05) is 135 Å². The van der Waals surface area contributed by atoms with Crippen LogP contribution in [0.1, 0.15) is 170 Å². The highest BCUT2D eigenvalue weighted by molar-refractivity contribution is 5.99. The minimum Gasteiger partial charge on any atom is -0.390 e. The van der Waals surface area contributed by atoms with E-state index in [0.29, 0.717) is 18.9 Å². The van der Waals surface area contributed by atoms with Crippen LogP contribution in [0.3, 0.4) is 0 Å². The van der Waals surface area contributed by atoms with Crippen LogP contribution in [-0.4, -0.2) is 251 Å². The fraction of sp³-hybridized carbons (Fsp3) is 0.786. The Hall–Kier alpha value is -6.43. The fourth-order valence-electron chi connectivity index (χ4n) is 11.9. The van der Waals surface area contributed by atoms with Crippen LogP contribution in [-0.2, 0) is 52.7 Å². The van der Waals surface area contributed by atoms with Crippen LogP contribution in [0.15, 0.2) is 24.3 Å². The van der Waals surface area contributed by atoms with Crippen molar-refractivity contribution in [1.29, 1.82) is 0 Å². The van der Waals surface area contributed by atoms with Crippen LogP contribution in [0.2, 0.25) is 0 Å². The predicted molar refractivity (Wildman–Crippen MR) is 369 cm³/mol. The highest BCUT2D eigenvalue weighted by atomic mass is 16.3. The SMILES string of the molecule is C/C=C/C[C@@H](C)[C@@H](O)[C@H]1C(=O)N[C@@H](CC)C(=O)N(C)CC(=O)N(C)[C@@H](CC(C)C)C(=O)N(C/C=C/CNCC(C)C)[C@@H](C(C)C)C(=O)N(C)[C@@H](CC(C)C)C(=O)N[C@@H](C)C(=O)N[C@H](C)C(=O)N(C)[C@@H](CC(C)C)C(=O)N(C)[C@@H](CC(C)C)C(=O)N(C)[C@@H](C(C)C)C(=O)N1C. The maximum absolute atomic E-state index is 15.6. The number of nitrogens with one attached hydrogen (secondary N) is 4. The summed E-state index contributed by atoms with van der Waals surface area (Å²) < 4.78 is 0. The van der Waals surface area contributed by atoms with E-state index in [-0.39, 0.29) is 62.3 Å². The summed E-state index contributed by atoms with van der Waals surface area (Å²) in [5.74, 6) is -9.34. The Bertz CT molecular complexity index is 2570. The molecule has 1 fully saturated rings. The molecule has 0 saturated carbocycles.